The van der Waals surface area contributed by atoms with Crippen LogP contribution < -0.4 is 0 Å². The van der Waals surface area contributed by atoms with E-state index in [-0.39, 0.29) is 17.4 Å². The zero-order chi connectivity index (χ0) is 14.0. The minimum Gasteiger partial charge on any atom is -0.299 e. The first-order valence-corrected chi connectivity index (χ1v) is 6.03. The molecule has 1 aromatic heterocycles. The second-order valence-corrected chi connectivity index (χ2v) is 4.72. The number of hydrogen-bond acceptors (Lipinski definition) is 4. The molecule has 0 radical (unpaired) electrons. The first kappa shape index (κ1) is 14.3. The zero-order valence-corrected chi connectivity index (χ0v) is 11.4. The molecule has 0 spiro atoms. The summed E-state index contributed by atoms with van der Waals surface area (Å²) in [5, 5.41) is 15.3. The predicted octanol–water partition coefficient (Wildman–Crippen LogP) is 2.45. The summed E-state index contributed by atoms with van der Waals surface area (Å²) in [5.41, 5.74) is 0.775. The van der Waals surface area contributed by atoms with Crippen LogP contribution in [0.25, 0.3) is 0 Å². The van der Waals surface area contributed by atoms with Crippen LogP contribution in [-0.4, -0.2) is 20.5 Å². The number of hydrogen-bond donors (Lipinski definition) is 0. The van der Waals surface area contributed by atoms with Gasteiger partial charge in [0.2, 0.25) is 0 Å². The third-order valence-electron chi connectivity index (χ3n) is 3.02. The van der Waals surface area contributed by atoms with Crippen molar-refractivity contribution in [1.29, 1.82) is 0 Å². The predicted molar refractivity (Wildman–Crippen MR) is 67.6 cm³/mol. The van der Waals surface area contributed by atoms with Gasteiger partial charge in [-0.25, -0.2) is 0 Å². The Balaban J connectivity index is 3.53. The van der Waals surface area contributed by atoms with Crippen molar-refractivity contribution in [3.05, 3.63) is 21.5 Å². The lowest BCUT2D eigenvalue weighted by Gasteiger charge is -2.18. The van der Waals surface area contributed by atoms with Crippen LogP contribution in [0.3, 0.4) is 0 Å². The molecule has 1 aromatic rings. The molecule has 0 aliphatic rings. The van der Waals surface area contributed by atoms with Crippen molar-refractivity contribution in [3.63, 3.8) is 0 Å². The first-order valence-electron chi connectivity index (χ1n) is 6.03. The highest BCUT2D eigenvalue weighted by Gasteiger charge is 2.34. The van der Waals surface area contributed by atoms with Crippen LogP contribution in [0.4, 0.5) is 5.69 Å². The molecule has 0 saturated heterocycles. The molecule has 0 saturated carbocycles. The van der Waals surface area contributed by atoms with Gasteiger partial charge in [0.25, 0.3) is 0 Å². The van der Waals surface area contributed by atoms with E-state index in [0.717, 1.165) is 0 Å². The van der Waals surface area contributed by atoms with Gasteiger partial charge < -0.3 is 0 Å². The molecule has 0 aliphatic carbocycles. The van der Waals surface area contributed by atoms with Crippen LogP contribution in [0.1, 0.15) is 45.0 Å². The molecule has 100 valence electrons. The number of aromatic nitrogens is 2. The second kappa shape index (κ2) is 5.29. The van der Waals surface area contributed by atoms with E-state index in [0.29, 0.717) is 17.9 Å². The van der Waals surface area contributed by atoms with Crippen LogP contribution in [0.15, 0.2) is 0 Å². The molecule has 0 fully saturated rings. The van der Waals surface area contributed by atoms with Gasteiger partial charge in [-0.2, -0.15) is 5.10 Å². The van der Waals surface area contributed by atoms with E-state index in [4.69, 9.17) is 0 Å². The summed E-state index contributed by atoms with van der Waals surface area (Å²) in [5.74, 6) is -0.545. The zero-order valence-electron chi connectivity index (χ0n) is 11.4. The Morgan fingerprint density at radius 3 is 2.39 bits per heavy atom. The van der Waals surface area contributed by atoms with E-state index < -0.39 is 10.8 Å². The average Bonchev–Trinajstić information content (AvgIpc) is 2.54. The maximum absolute atomic E-state index is 11.8. The molecular formula is C12H19N3O3. The molecule has 6 nitrogen and oxygen atoms in total. The highest BCUT2D eigenvalue weighted by atomic mass is 16.6. The fraction of sp³-hybridized carbons (Fsp3) is 0.667. The Labute approximate surface area is 106 Å². The Kier molecular flexibility index (Phi) is 4.21. The summed E-state index contributed by atoms with van der Waals surface area (Å²) in [4.78, 5) is 22.5. The average molecular weight is 253 g/mol. The number of carbonyl (C=O) groups excluding carboxylic acids is 1. The number of aryl methyl sites for hydroxylation is 2. The van der Waals surface area contributed by atoms with Crippen molar-refractivity contribution in [1.82, 2.24) is 9.78 Å². The Morgan fingerprint density at radius 2 is 2.06 bits per heavy atom. The van der Waals surface area contributed by atoms with E-state index in [2.05, 4.69) is 5.10 Å². The molecular weight excluding hydrogens is 234 g/mol. The second-order valence-electron chi connectivity index (χ2n) is 4.72. The minimum absolute atomic E-state index is 0.00241. The van der Waals surface area contributed by atoms with E-state index in [1.54, 1.807) is 11.6 Å². The lowest BCUT2D eigenvalue weighted by molar-refractivity contribution is -0.386. The van der Waals surface area contributed by atoms with Gasteiger partial charge in [-0.3, -0.25) is 19.6 Å². The van der Waals surface area contributed by atoms with Gasteiger partial charge in [0.15, 0.2) is 0 Å². The normalized spacial score (nSPS) is 12.8. The van der Waals surface area contributed by atoms with Gasteiger partial charge in [-0.05, 0) is 26.7 Å². The molecule has 6 heteroatoms. The SMILES string of the molecule is CCn1nc(C)c([N+](=O)[O-])c1C(C(C)=O)C(C)C. The molecule has 0 aromatic carbocycles. The van der Waals surface area contributed by atoms with Crippen molar-refractivity contribution in [2.75, 3.05) is 0 Å². The molecule has 0 aliphatic heterocycles. The van der Waals surface area contributed by atoms with Crippen LogP contribution in [-0.2, 0) is 11.3 Å². The standard InChI is InChI=1S/C12H19N3O3/c1-6-14-12(10(7(2)3)9(5)16)11(15(17)18)8(4)13-14/h7,10H,6H2,1-5H3. The fourth-order valence-electron chi connectivity index (χ4n) is 2.34. The topological polar surface area (TPSA) is 78.0 Å². The summed E-state index contributed by atoms with van der Waals surface area (Å²) in [6.07, 6.45) is 0. The van der Waals surface area contributed by atoms with Crippen molar-refractivity contribution < 1.29 is 9.72 Å². The number of nitrogens with zero attached hydrogens (tertiary/aromatic N) is 3. The van der Waals surface area contributed by atoms with E-state index in [1.165, 1.54) is 6.92 Å². The van der Waals surface area contributed by atoms with Crippen molar-refractivity contribution in [2.24, 2.45) is 5.92 Å². The molecule has 1 heterocycles. The fourth-order valence-corrected chi connectivity index (χ4v) is 2.34. The van der Waals surface area contributed by atoms with Crippen LogP contribution in [0.5, 0.6) is 0 Å². The minimum atomic E-state index is -0.480. The van der Waals surface area contributed by atoms with Crippen molar-refractivity contribution in [3.8, 4) is 0 Å². The van der Waals surface area contributed by atoms with Gasteiger partial charge in [0, 0.05) is 6.54 Å². The Bertz CT molecular complexity index is 477. The quantitative estimate of drug-likeness (QED) is 0.596. The molecule has 18 heavy (non-hydrogen) atoms. The van der Waals surface area contributed by atoms with Crippen molar-refractivity contribution in [2.45, 2.75) is 47.1 Å². The number of rotatable bonds is 5. The van der Waals surface area contributed by atoms with Gasteiger partial charge >= 0.3 is 5.69 Å². The Hall–Kier alpha value is -1.72. The smallest absolute Gasteiger partial charge is 0.299 e. The summed E-state index contributed by atoms with van der Waals surface area (Å²) in [6, 6.07) is 0. The summed E-state index contributed by atoms with van der Waals surface area (Å²) in [7, 11) is 0. The van der Waals surface area contributed by atoms with Crippen LogP contribution in [0, 0.1) is 23.0 Å². The molecule has 0 amide bonds. The van der Waals surface area contributed by atoms with E-state index >= 15 is 0 Å². The highest BCUT2D eigenvalue weighted by molar-refractivity contribution is 5.84. The number of nitro groups is 1. The van der Waals surface area contributed by atoms with Crippen molar-refractivity contribution >= 4 is 11.5 Å². The lowest BCUT2D eigenvalue weighted by atomic mass is 9.88. The molecule has 0 N–H and O–H groups in total. The summed E-state index contributed by atoms with van der Waals surface area (Å²) < 4.78 is 1.57. The van der Waals surface area contributed by atoms with E-state index in [9.17, 15) is 14.9 Å². The third-order valence-corrected chi connectivity index (χ3v) is 3.02. The molecule has 1 atom stereocenters. The molecule has 1 rings (SSSR count). The first-order chi connectivity index (χ1) is 8.31. The lowest BCUT2D eigenvalue weighted by Crippen LogP contribution is -2.20. The monoisotopic (exact) mass is 253 g/mol. The Morgan fingerprint density at radius 1 is 1.50 bits per heavy atom. The maximum atomic E-state index is 11.8. The largest absolute Gasteiger partial charge is 0.313 e. The summed E-state index contributed by atoms with van der Waals surface area (Å²) >= 11 is 0. The molecule has 0 bridgehead atoms. The number of Topliss-reactive ketones (excluding diaryl/α,β-unsaturated/α-hetero) is 1. The van der Waals surface area contributed by atoms with Gasteiger partial charge in [-0.1, -0.05) is 13.8 Å². The molecule has 1 unspecified atom stereocenters. The van der Waals surface area contributed by atoms with Crippen LogP contribution in [0.2, 0.25) is 0 Å². The maximum Gasteiger partial charge on any atom is 0.313 e. The number of ketones is 1. The van der Waals surface area contributed by atoms with Gasteiger partial charge in [0.05, 0.1) is 10.8 Å². The summed E-state index contributed by atoms with van der Waals surface area (Å²) in [6.45, 7) is 9.22. The van der Waals surface area contributed by atoms with Crippen LogP contribution >= 0.6 is 0 Å². The van der Waals surface area contributed by atoms with Gasteiger partial charge in [0.1, 0.15) is 17.2 Å². The van der Waals surface area contributed by atoms with Gasteiger partial charge in [-0.15, -0.1) is 0 Å². The number of carbonyl (C=O) groups is 1. The highest BCUT2D eigenvalue weighted by Crippen LogP contribution is 2.34. The third kappa shape index (κ3) is 2.42. The van der Waals surface area contributed by atoms with E-state index in [1.807, 2.05) is 20.8 Å².